The van der Waals surface area contributed by atoms with E-state index < -0.39 is 0 Å². The van der Waals surface area contributed by atoms with E-state index in [1.807, 2.05) is 19.1 Å². The van der Waals surface area contributed by atoms with Gasteiger partial charge in [0.25, 0.3) is 0 Å². The first-order valence-electron chi connectivity index (χ1n) is 6.20. The van der Waals surface area contributed by atoms with Gasteiger partial charge in [-0.15, -0.1) is 0 Å². The molecule has 0 aliphatic carbocycles. The van der Waals surface area contributed by atoms with Crippen molar-refractivity contribution >= 4 is 5.91 Å². The smallest absolute Gasteiger partial charge is 0.246 e. The van der Waals surface area contributed by atoms with Crippen LogP contribution in [0.1, 0.15) is 19.8 Å². The maximum atomic E-state index is 11.9. The maximum absolute atomic E-state index is 11.9. The molecule has 0 aromatic heterocycles. The molecule has 1 aliphatic rings. The van der Waals surface area contributed by atoms with Crippen molar-refractivity contribution in [3.63, 3.8) is 0 Å². The van der Waals surface area contributed by atoms with Gasteiger partial charge >= 0.3 is 0 Å². The van der Waals surface area contributed by atoms with E-state index in [0.29, 0.717) is 19.1 Å². The van der Waals surface area contributed by atoms with E-state index in [0.717, 1.165) is 13.0 Å². The van der Waals surface area contributed by atoms with Crippen LogP contribution in [0.15, 0.2) is 24.3 Å². The number of hydrogen-bond donors (Lipinski definition) is 2. The van der Waals surface area contributed by atoms with Crippen molar-refractivity contribution in [3.05, 3.63) is 24.3 Å². The van der Waals surface area contributed by atoms with Gasteiger partial charge in [-0.1, -0.05) is 18.2 Å². The van der Waals surface area contributed by atoms with Crippen LogP contribution in [0.3, 0.4) is 0 Å². The zero-order valence-electron chi connectivity index (χ0n) is 10.4. The first-order chi connectivity index (χ1) is 8.27. The number of nitrogens with one attached hydrogen (secondary N) is 1. The van der Waals surface area contributed by atoms with Crippen LogP contribution in [-0.4, -0.2) is 48.2 Å². The third kappa shape index (κ3) is 5.15. The van der Waals surface area contributed by atoms with Crippen LogP contribution < -0.4 is 5.32 Å². The van der Waals surface area contributed by atoms with Gasteiger partial charge in [-0.3, -0.25) is 4.79 Å². The second-order valence-electron chi connectivity index (χ2n) is 4.19. The van der Waals surface area contributed by atoms with Crippen molar-refractivity contribution < 1.29 is 9.90 Å². The summed E-state index contributed by atoms with van der Waals surface area (Å²) in [4.78, 5) is 13.6. The molecule has 1 heterocycles. The van der Waals surface area contributed by atoms with Gasteiger partial charge in [-0.25, -0.2) is 0 Å². The van der Waals surface area contributed by atoms with Gasteiger partial charge in [0.15, 0.2) is 0 Å². The lowest BCUT2D eigenvalue weighted by Crippen LogP contribution is -2.41. The molecule has 17 heavy (non-hydrogen) atoms. The van der Waals surface area contributed by atoms with Crippen molar-refractivity contribution in [1.29, 1.82) is 0 Å². The molecule has 1 aliphatic heterocycles. The maximum Gasteiger partial charge on any atom is 0.246 e. The van der Waals surface area contributed by atoms with Crippen LogP contribution >= 0.6 is 0 Å². The van der Waals surface area contributed by atoms with E-state index in [2.05, 4.69) is 5.32 Å². The van der Waals surface area contributed by atoms with Gasteiger partial charge in [-0.05, 0) is 26.3 Å². The molecular formula is C13H22N2O2. The molecule has 1 atom stereocenters. The summed E-state index contributed by atoms with van der Waals surface area (Å²) < 4.78 is 0. The fourth-order valence-electron chi connectivity index (χ4n) is 1.95. The number of nitrogens with zero attached hydrogens (tertiary/aromatic N) is 1. The van der Waals surface area contributed by atoms with Crippen molar-refractivity contribution in [1.82, 2.24) is 10.2 Å². The molecule has 1 amide bonds. The third-order valence-electron chi connectivity index (χ3n) is 2.83. The molecule has 1 unspecified atom stereocenters. The van der Waals surface area contributed by atoms with Crippen LogP contribution in [0.2, 0.25) is 0 Å². The summed E-state index contributed by atoms with van der Waals surface area (Å²) in [6.45, 7) is 4.02. The van der Waals surface area contributed by atoms with Crippen LogP contribution in [0.25, 0.3) is 0 Å². The molecule has 96 valence electrons. The minimum atomic E-state index is -0.0362. The average molecular weight is 238 g/mol. The Bertz CT molecular complexity index is 281. The molecule has 1 rings (SSSR count). The highest BCUT2D eigenvalue weighted by Crippen LogP contribution is 2.07. The summed E-state index contributed by atoms with van der Waals surface area (Å²) in [6.07, 6.45) is 9.24. The second-order valence-corrected chi connectivity index (χ2v) is 4.19. The topological polar surface area (TPSA) is 52.6 Å². The molecule has 4 nitrogen and oxygen atoms in total. The Balaban J connectivity index is 2.47. The molecule has 0 bridgehead atoms. The van der Waals surface area contributed by atoms with E-state index in [4.69, 9.17) is 5.11 Å². The van der Waals surface area contributed by atoms with Gasteiger partial charge in [-0.2, -0.15) is 0 Å². The van der Waals surface area contributed by atoms with Crippen molar-refractivity contribution in [2.24, 2.45) is 0 Å². The summed E-state index contributed by atoms with van der Waals surface area (Å²) in [5.74, 6) is -0.0362. The SMILES string of the molecule is CC=CC=CC(=O)N(CCO)CC1CCCN1. The van der Waals surface area contributed by atoms with E-state index in [1.165, 1.54) is 6.42 Å². The second kappa shape index (κ2) is 8.03. The van der Waals surface area contributed by atoms with Crippen molar-refractivity contribution in [2.45, 2.75) is 25.8 Å². The number of allylic oxidation sites excluding steroid dienone is 3. The highest BCUT2D eigenvalue weighted by atomic mass is 16.3. The highest BCUT2D eigenvalue weighted by molar-refractivity contribution is 5.87. The van der Waals surface area contributed by atoms with Crippen LogP contribution in [0, 0.1) is 0 Å². The van der Waals surface area contributed by atoms with Gasteiger partial charge in [0.05, 0.1) is 6.61 Å². The minimum absolute atomic E-state index is 0.00984. The molecule has 0 aromatic carbocycles. The lowest BCUT2D eigenvalue weighted by atomic mass is 10.2. The van der Waals surface area contributed by atoms with Crippen LogP contribution in [0.4, 0.5) is 0 Å². The lowest BCUT2D eigenvalue weighted by molar-refractivity contribution is -0.126. The predicted octanol–water partition coefficient (Wildman–Crippen LogP) is 0.692. The number of carbonyl (C=O) groups excluding carboxylic acids is 1. The first kappa shape index (κ1) is 13.9. The number of hydrogen-bond acceptors (Lipinski definition) is 3. The summed E-state index contributed by atoms with van der Waals surface area (Å²) in [6, 6.07) is 0.376. The standard InChI is InChI=1S/C13H22N2O2/c1-2-3-4-7-13(17)15(9-10-16)11-12-6-5-8-14-12/h2-4,7,12,14,16H,5-6,8-11H2,1H3. The van der Waals surface area contributed by atoms with Gasteiger partial charge in [0.2, 0.25) is 5.91 Å². The van der Waals surface area contributed by atoms with Crippen LogP contribution in [0.5, 0.6) is 0 Å². The Morgan fingerprint density at radius 2 is 2.35 bits per heavy atom. The van der Waals surface area contributed by atoms with Crippen LogP contribution in [-0.2, 0) is 4.79 Å². The zero-order valence-corrected chi connectivity index (χ0v) is 10.4. The average Bonchev–Trinajstić information content (AvgIpc) is 2.81. The molecule has 1 fully saturated rings. The van der Waals surface area contributed by atoms with E-state index in [1.54, 1.807) is 17.1 Å². The number of aliphatic hydroxyl groups is 1. The zero-order chi connectivity index (χ0) is 12.5. The Morgan fingerprint density at radius 3 is 2.94 bits per heavy atom. The van der Waals surface area contributed by atoms with Crippen molar-refractivity contribution in [3.8, 4) is 0 Å². The summed E-state index contributed by atoms with van der Waals surface area (Å²) in [7, 11) is 0. The Morgan fingerprint density at radius 1 is 1.53 bits per heavy atom. The summed E-state index contributed by atoms with van der Waals surface area (Å²) in [5.41, 5.74) is 0. The van der Waals surface area contributed by atoms with E-state index in [9.17, 15) is 4.79 Å². The normalized spacial score (nSPS) is 20.5. The number of amides is 1. The number of rotatable bonds is 6. The quantitative estimate of drug-likeness (QED) is 0.529. The fourth-order valence-corrected chi connectivity index (χ4v) is 1.95. The van der Waals surface area contributed by atoms with Crippen molar-refractivity contribution in [2.75, 3.05) is 26.2 Å². The first-order valence-corrected chi connectivity index (χ1v) is 6.20. The third-order valence-corrected chi connectivity index (χ3v) is 2.83. The molecule has 4 heteroatoms. The number of aliphatic hydroxyl groups excluding tert-OH is 1. The van der Waals surface area contributed by atoms with Gasteiger partial charge in [0, 0.05) is 25.2 Å². The van der Waals surface area contributed by atoms with E-state index in [-0.39, 0.29) is 12.5 Å². The molecular weight excluding hydrogens is 216 g/mol. The predicted molar refractivity (Wildman–Crippen MR) is 68.6 cm³/mol. The molecule has 0 spiro atoms. The minimum Gasteiger partial charge on any atom is -0.395 e. The Hall–Kier alpha value is -1.13. The fraction of sp³-hybridized carbons (Fsp3) is 0.615. The monoisotopic (exact) mass is 238 g/mol. The molecule has 1 saturated heterocycles. The van der Waals surface area contributed by atoms with Gasteiger partial charge < -0.3 is 15.3 Å². The Labute approximate surface area is 103 Å². The molecule has 0 aromatic rings. The number of carbonyl (C=O) groups is 1. The van der Waals surface area contributed by atoms with Gasteiger partial charge in [0.1, 0.15) is 0 Å². The molecule has 0 saturated carbocycles. The highest BCUT2D eigenvalue weighted by Gasteiger charge is 2.19. The molecule has 0 radical (unpaired) electrons. The lowest BCUT2D eigenvalue weighted by Gasteiger charge is -2.23. The molecule has 2 N–H and O–H groups in total. The summed E-state index contributed by atoms with van der Waals surface area (Å²) in [5, 5.41) is 12.3. The summed E-state index contributed by atoms with van der Waals surface area (Å²) >= 11 is 0. The van der Waals surface area contributed by atoms with E-state index >= 15 is 0 Å². The Kier molecular flexibility index (Phi) is 6.58. The largest absolute Gasteiger partial charge is 0.395 e.